The van der Waals surface area contributed by atoms with Crippen LogP contribution in [0.15, 0.2) is 35.3 Å². The highest BCUT2D eigenvalue weighted by molar-refractivity contribution is 7.88. The van der Waals surface area contributed by atoms with Crippen molar-refractivity contribution in [1.82, 2.24) is 15.4 Å². The third-order valence-corrected chi connectivity index (χ3v) is 5.31. The lowest BCUT2D eigenvalue weighted by atomic mass is 10.2. The molecule has 0 bridgehead atoms. The van der Waals surface area contributed by atoms with Crippen molar-refractivity contribution >= 4 is 27.8 Å². The molecule has 11 nitrogen and oxygen atoms in total. The van der Waals surface area contributed by atoms with Crippen molar-refractivity contribution in [3.63, 3.8) is 0 Å². The Morgan fingerprint density at radius 2 is 1.80 bits per heavy atom. The number of nitrogens with zero attached hydrogens (tertiary/aromatic N) is 1. The lowest BCUT2D eigenvalue weighted by Crippen LogP contribution is -2.54. The number of sulfonamides is 1. The van der Waals surface area contributed by atoms with Gasteiger partial charge in [0.25, 0.3) is 0 Å². The van der Waals surface area contributed by atoms with Gasteiger partial charge in [0.2, 0.25) is 21.8 Å². The van der Waals surface area contributed by atoms with E-state index in [1.165, 1.54) is 6.92 Å². The van der Waals surface area contributed by atoms with Gasteiger partial charge in [0, 0.05) is 13.1 Å². The highest BCUT2D eigenvalue weighted by atomic mass is 32.2. The SMILES string of the molecule is CC(NC(=O)[C@@H](CO)NS(=O)(=O)Cc1ccccc1)C(=O)NCCCCN=C(N)N. The number of aliphatic hydroxyl groups excluding tert-OH is 1. The van der Waals surface area contributed by atoms with E-state index < -0.39 is 40.5 Å². The van der Waals surface area contributed by atoms with Crippen molar-refractivity contribution in [2.45, 2.75) is 37.6 Å². The molecule has 30 heavy (non-hydrogen) atoms. The molecule has 0 saturated heterocycles. The molecule has 0 aliphatic carbocycles. The summed E-state index contributed by atoms with van der Waals surface area (Å²) >= 11 is 0. The second kappa shape index (κ2) is 12.8. The van der Waals surface area contributed by atoms with Crippen molar-refractivity contribution < 1.29 is 23.1 Å². The zero-order chi connectivity index (χ0) is 22.6. The van der Waals surface area contributed by atoms with Gasteiger partial charge in [-0.2, -0.15) is 0 Å². The fourth-order valence-electron chi connectivity index (χ4n) is 2.41. The maximum Gasteiger partial charge on any atom is 0.242 e. The molecule has 1 aromatic rings. The van der Waals surface area contributed by atoms with Gasteiger partial charge in [-0.3, -0.25) is 14.6 Å². The number of rotatable bonds is 13. The molecular weight excluding hydrogens is 412 g/mol. The summed E-state index contributed by atoms with van der Waals surface area (Å²) < 4.78 is 26.7. The van der Waals surface area contributed by atoms with Crippen LogP contribution >= 0.6 is 0 Å². The average molecular weight is 443 g/mol. The van der Waals surface area contributed by atoms with Gasteiger partial charge in [-0.05, 0) is 25.3 Å². The highest BCUT2D eigenvalue weighted by Gasteiger charge is 2.26. The Morgan fingerprint density at radius 3 is 2.40 bits per heavy atom. The average Bonchev–Trinajstić information content (AvgIpc) is 2.68. The normalized spacial score (nSPS) is 13.1. The van der Waals surface area contributed by atoms with Gasteiger partial charge in [0.05, 0.1) is 12.4 Å². The molecule has 1 unspecified atom stereocenters. The second-order valence-electron chi connectivity index (χ2n) is 6.63. The minimum atomic E-state index is -3.88. The number of aliphatic imine (C=N–C) groups is 1. The van der Waals surface area contributed by atoms with Crippen LogP contribution in [-0.4, -0.2) is 63.1 Å². The van der Waals surface area contributed by atoms with Gasteiger partial charge >= 0.3 is 0 Å². The van der Waals surface area contributed by atoms with Crippen LogP contribution in [0.3, 0.4) is 0 Å². The van der Waals surface area contributed by atoms with E-state index in [1.807, 2.05) is 0 Å². The molecule has 1 aromatic carbocycles. The Bertz CT molecular complexity index is 812. The Hall–Kier alpha value is -2.70. The zero-order valence-corrected chi connectivity index (χ0v) is 17.7. The minimum absolute atomic E-state index is 0.00759. The number of hydrogen-bond donors (Lipinski definition) is 6. The first-order valence-electron chi connectivity index (χ1n) is 9.43. The maximum absolute atomic E-state index is 12.3. The summed E-state index contributed by atoms with van der Waals surface area (Å²) in [5.41, 5.74) is 11.0. The molecule has 8 N–H and O–H groups in total. The first-order valence-corrected chi connectivity index (χ1v) is 11.1. The number of unbranched alkanes of at least 4 members (excludes halogenated alkanes) is 1. The highest BCUT2D eigenvalue weighted by Crippen LogP contribution is 2.05. The topological polar surface area (TPSA) is 189 Å². The number of hydrogen-bond acceptors (Lipinski definition) is 6. The monoisotopic (exact) mass is 442 g/mol. The van der Waals surface area contributed by atoms with Crippen LogP contribution in [0.5, 0.6) is 0 Å². The second-order valence-corrected chi connectivity index (χ2v) is 8.39. The number of amides is 2. The zero-order valence-electron chi connectivity index (χ0n) is 16.9. The maximum atomic E-state index is 12.3. The lowest BCUT2D eigenvalue weighted by molar-refractivity contribution is -0.129. The molecule has 0 radical (unpaired) electrons. The third-order valence-electron chi connectivity index (χ3n) is 3.95. The summed E-state index contributed by atoms with van der Waals surface area (Å²) in [6.45, 7) is 1.52. The number of carbonyl (C=O) groups excluding carboxylic acids is 2. The third kappa shape index (κ3) is 10.2. The molecule has 0 saturated carbocycles. The van der Waals surface area contributed by atoms with Crippen LogP contribution in [-0.2, 0) is 25.4 Å². The van der Waals surface area contributed by atoms with E-state index in [2.05, 4.69) is 20.3 Å². The Morgan fingerprint density at radius 1 is 1.13 bits per heavy atom. The van der Waals surface area contributed by atoms with E-state index in [0.717, 1.165) is 0 Å². The quantitative estimate of drug-likeness (QED) is 0.117. The van der Waals surface area contributed by atoms with Crippen LogP contribution in [0.1, 0.15) is 25.3 Å². The van der Waals surface area contributed by atoms with E-state index in [-0.39, 0.29) is 11.7 Å². The van der Waals surface area contributed by atoms with Crippen molar-refractivity contribution in [2.24, 2.45) is 16.5 Å². The smallest absolute Gasteiger partial charge is 0.242 e. The Balaban J connectivity index is 2.47. The van der Waals surface area contributed by atoms with Crippen LogP contribution in [0.4, 0.5) is 0 Å². The first-order chi connectivity index (χ1) is 14.1. The lowest BCUT2D eigenvalue weighted by Gasteiger charge is -2.19. The fraction of sp³-hybridized carbons (Fsp3) is 0.500. The predicted octanol–water partition coefficient (Wildman–Crippen LogP) is -1.86. The molecule has 0 heterocycles. The fourth-order valence-corrected chi connectivity index (χ4v) is 3.74. The molecule has 168 valence electrons. The summed E-state index contributed by atoms with van der Waals surface area (Å²) in [5.74, 6) is -1.57. The van der Waals surface area contributed by atoms with Gasteiger partial charge in [0.1, 0.15) is 12.1 Å². The van der Waals surface area contributed by atoms with Gasteiger partial charge in [-0.25, -0.2) is 13.1 Å². The molecule has 0 fully saturated rings. The molecule has 1 rings (SSSR count). The predicted molar refractivity (Wildman–Crippen MR) is 114 cm³/mol. The van der Waals surface area contributed by atoms with Crippen LogP contribution in [0, 0.1) is 0 Å². The molecule has 0 aromatic heterocycles. The van der Waals surface area contributed by atoms with Gasteiger partial charge in [-0.1, -0.05) is 30.3 Å². The molecule has 0 spiro atoms. The summed E-state index contributed by atoms with van der Waals surface area (Å²) in [6, 6.07) is 6.10. The Labute approximate surface area is 176 Å². The molecule has 0 aliphatic rings. The van der Waals surface area contributed by atoms with Crippen molar-refractivity contribution in [3.8, 4) is 0 Å². The van der Waals surface area contributed by atoms with E-state index in [9.17, 15) is 23.1 Å². The molecule has 12 heteroatoms. The van der Waals surface area contributed by atoms with Gasteiger partial charge in [-0.15, -0.1) is 0 Å². The minimum Gasteiger partial charge on any atom is -0.394 e. The first kappa shape index (κ1) is 25.3. The van der Waals surface area contributed by atoms with E-state index >= 15 is 0 Å². The van der Waals surface area contributed by atoms with Crippen LogP contribution < -0.4 is 26.8 Å². The molecule has 2 atom stereocenters. The number of aliphatic hydroxyl groups is 1. The summed E-state index contributed by atoms with van der Waals surface area (Å²) in [7, 11) is -3.88. The largest absolute Gasteiger partial charge is 0.394 e. The van der Waals surface area contributed by atoms with E-state index in [1.54, 1.807) is 30.3 Å². The number of nitrogens with two attached hydrogens (primary N) is 2. The van der Waals surface area contributed by atoms with E-state index in [4.69, 9.17) is 11.5 Å². The van der Waals surface area contributed by atoms with Crippen molar-refractivity contribution in [3.05, 3.63) is 35.9 Å². The number of guanidine groups is 1. The molecule has 2 amide bonds. The summed E-state index contributed by atoms with van der Waals surface area (Å²) in [6.07, 6.45) is 1.32. The van der Waals surface area contributed by atoms with Gasteiger partial charge < -0.3 is 27.2 Å². The van der Waals surface area contributed by atoms with Crippen LogP contribution in [0.2, 0.25) is 0 Å². The van der Waals surface area contributed by atoms with Crippen molar-refractivity contribution in [1.29, 1.82) is 0 Å². The van der Waals surface area contributed by atoms with Crippen LogP contribution in [0.25, 0.3) is 0 Å². The molecular formula is C18H30N6O5S. The van der Waals surface area contributed by atoms with E-state index in [0.29, 0.717) is 31.5 Å². The molecule has 0 aliphatic heterocycles. The van der Waals surface area contributed by atoms with Gasteiger partial charge in [0.15, 0.2) is 5.96 Å². The number of benzene rings is 1. The summed E-state index contributed by atoms with van der Waals surface area (Å²) in [4.78, 5) is 28.2. The number of carbonyl (C=O) groups is 2. The summed E-state index contributed by atoms with van der Waals surface area (Å²) in [5, 5.41) is 14.5. The standard InChI is InChI=1S/C18H30N6O5S/c1-13(16(26)21-9-5-6-10-22-18(19)20)23-17(27)15(11-25)24-30(28,29)12-14-7-3-2-4-8-14/h2-4,7-8,13,15,24-25H,5-6,9-12H2,1H3,(H,21,26)(H,23,27)(H4,19,20,22)/t13?,15-/m1/s1. The van der Waals surface area contributed by atoms with Crippen molar-refractivity contribution in [2.75, 3.05) is 19.7 Å². The Kier molecular flexibility index (Phi) is 10.8. The number of nitrogens with one attached hydrogen (secondary N) is 3.